The van der Waals surface area contributed by atoms with Crippen LogP contribution in [0.4, 0.5) is 14.9 Å². The van der Waals surface area contributed by atoms with Gasteiger partial charge in [0.15, 0.2) is 0 Å². The molecule has 2 aromatic carbocycles. The fourth-order valence-corrected chi connectivity index (χ4v) is 2.12. The standard InChI is InChI=1S/C16H16ClFN2O3/c1-22-12-5-10(6-13(8-12)23-2)9-19-16(21)20-15-4-3-11(18)7-14(15)17/h3-8H,9H2,1-2H3,(H2,19,20,21). The van der Waals surface area contributed by atoms with E-state index in [1.54, 1.807) is 32.4 Å². The number of carbonyl (C=O) groups excluding carboxylic acids is 1. The van der Waals surface area contributed by atoms with Crippen molar-refractivity contribution < 1.29 is 18.7 Å². The zero-order valence-corrected chi connectivity index (χ0v) is 13.4. The molecule has 2 aromatic rings. The third kappa shape index (κ3) is 4.75. The van der Waals surface area contributed by atoms with E-state index < -0.39 is 11.8 Å². The average molecular weight is 339 g/mol. The van der Waals surface area contributed by atoms with Crippen LogP contribution in [0.25, 0.3) is 0 Å². The topological polar surface area (TPSA) is 59.6 Å². The van der Waals surface area contributed by atoms with Crippen LogP contribution in [-0.4, -0.2) is 20.3 Å². The smallest absolute Gasteiger partial charge is 0.319 e. The molecule has 0 aliphatic heterocycles. The molecule has 122 valence electrons. The molecule has 0 aliphatic rings. The van der Waals surface area contributed by atoms with Crippen LogP contribution in [0.15, 0.2) is 36.4 Å². The maximum absolute atomic E-state index is 13.0. The van der Waals surface area contributed by atoms with Crippen LogP contribution in [0, 0.1) is 5.82 Å². The minimum atomic E-state index is -0.468. The second-order valence-corrected chi connectivity index (χ2v) is 5.06. The first-order valence-electron chi connectivity index (χ1n) is 6.73. The molecule has 23 heavy (non-hydrogen) atoms. The van der Waals surface area contributed by atoms with E-state index in [2.05, 4.69) is 10.6 Å². The number of benzene rings is 2. The second-order valence-electron chi connectivity index (χ2n) is 4.65. The number of nitrogens with one attached hydrogen (secondary N) is 2. The summed E-state index contributed by atoms with van der Waals surface area (Å²) in [5.74, 6) is 0.788. The molecule has 2 rings (SSSR count). The van der Waals surface area contributed by atoms with Crippen LogP contribution in [0.3, 0.4) is 0 Å². The third-order valence-corrected chi connectivity index (χ3v) is 3.36. The van der Waals surface area contributed by atoms with Crippen molar-refractivity contribution in [1.82, 2.24) is 5.32 Å². The lowest BCUT2D eigenvalue weighted by molar-refractivity contribution is 0.251. The molecular weight excluding hydrogens is 323 g/mol. The van der Waals surface area contributed by atoms with Crippen molar-refractivity contribution in [2.45, 2.75) is 6.54 Å². The summed E-state index contributed by atoms with van der Waals surface area (Å²) in [7, 11) is 3.10. The molecule has 0 saturated carbocycles. The Hall–Kier alpha value is -2.47. The Kier molecular flexibility index (Phi) is 5.65. The van der Waals surface area contributed by atoms with Crippen molar-refractivity contribution in [2.75, 3.05) is 19.5 Å². The zero-order valence-electron chi connectivity index (χ0n) is 12.7. The normalized spacial score (nSPS) is 10.1. The summed E-state index contributed by atoms with van der Waals surface area (Å²) in [6, 6.07) is 8.59. The molecule has 0 radical (unpaired) electrons. The van der Waals surface area contributed by atoms with E-state index in [1.165, 1.54) is 12.1 Å². The van der Waals surface area contributed by atoms with Gasteiger partial charge in [-0.3, -0.25) is 0 Å². The fourth-order valence-electron chi connectivity index (χ4n) is 1.91. The number of methoxy groups -OCH3 is 2. The Morgan fingerprint density at radius 2 is 1.78 bits per heavy atom. The van der Waals surface area contributed by atoms with Gasteiger partial charge in [-0.2, -0.15) is 0 Å². The number of carbonyl (C=O) groups is 1. The Balaban J connectivity index is 1.99. The van der Waals surface area contributed by atoms with Gasteiger partial charge in [-0.25, -0.2) is 9.18 Å². The highest BCUT2D eigenvalue weighted by atomic mass is 35.5. The molecule has 0 spiro atoms. The van der Waals surface area contributed by atoms with Crippen LogP contribution >= 0.6 is 11.6 Å². The van der Waals surface area contributed by atoms with E-state index in [0.29, 0.717) is 17.2 Å². The summed E-state index contributed by atoms with van der Waals surface area (Å²) in [6.07, 6.45) is 0. The van der Waals surface area contributed by atoms with Gasteiger partial charge < -0.3 is 20.1 Å². The summed E-state index contributed by atoms with van der Waals surface area (Å²) in [5.41, 5.74) is 1.13. The van der Waals surface area contributed by atoms with Gasteiger partial charge in [0, 0.05) is 12.6 Å². The van der Waals surface area contributed by atoms with Crippen molar-refractivity contribution >= 4 is 23.3 Å². The van der Waals surface area contributed by atoms with Crippen LogP contribution in [0.5, 0.6) is 11.5 Å². The predicted molar refractivity (Wildman–Crippen MR) is 86.8 cm³/mol. The number of amides is 2. The Morgan fingerprint density at radius 1 is 1.13 bits per heavy atom. The molecule has 0 unspecified atom stereocenters. The van der Waals surface area contributed by atoms with Crippen LogP contribution < -0.4 is 20.1 Å². The molecule has 0 fully saturated rings. The number of ether oxygens (including phenoxy) is 2. The van der Waals surface area contributed by atoms with Crippen LogP contribution in [0.1, 0.15) is 5.56 Å². The van der Waals surface area contributed by atoms with E-state index in [4.69, 9.17) is 21.1 Å². The summed E-state index contributed by atoms with van der Waals surface area (Å²) in [5, 5.41) is 5.36. The van der Waals surface area contributed by atoms with Gasteiger partial charge in [-0.1, -0.05) is 11.6 Å². The number of hydrogen-bond donors (Lipinski definition) is 2. The molecule has 0 aromatic heterocycles. The SMILES string of the molecule is COc1cc(CNC(=O)Nc2ccc(F)cc2Cl)cc(OC)c1. The summed E-state index contributed by atoms with van der Waals surface area (Å²) < 4.78 is 23.3. The van der Waals surface area contributed by atoms with E-state index in [-0.39, 0.29) is 11.6 Å². The van der Waals surface area contributed by atoms with E-state index >= 15 is 0 Å². The number of hydrogen-bond acceptors (Lipinski definition) is 3. The van der Waals surface area contributed by atoms with Gasteiger partial charge in [0.1, 0.15) is 17.3 Å². The lowest BCUT2D eigenvalue weighted by Gasteiger charge is -2.11. The minimum Gasteiger partial charge on any atom is -0.497 e. The molecule has 2 amide bonds. The first-order chi connectivity index (χ1) is 11.0. The molecule has 0 saturated heterocycles. The number of urea groups is 1. The van der Waals surface area contributed by atoms with E-state index in [1.807, 2.05) is 0 Å². The van der Waals surface area contributed by atoms with Crippen molar-refractivity contribution in [2.24, 2.45) is 0 Å². The highest BCUT2D eigenvalue weighted by Gasteiger charge is 2.08. The zero-order chi connectivity index (χ0) is 16.8. The molecule has 5 nitrogen and oxygen atoms in total. The summed E-state index contributed by atoms with van der Waals surface area (Å²) in [4.78, 5) is 11.9. The fraction of sp³-hybridized carbons (Fsp3) is 0.188. The predicted octanol–water partition coefficient (Wildman–Crippen LogP) is 3.82. The quantitative estimate of drug-likeness (QED) is 0.871. The maximum Gasteiger partial charge on any atom is 0.319 e. The molecule has 0 bridgehead atoms. The van der Waals surface area contributed by atoms with Gasteiger partial charge >= 0.3 is 6.03 Å². The number of halogens is 2. The Labute approximate surface area is 138 Å². The highest BCUT2D eigenvalue weighted by molar-refractivity contribution is 6.33. The Bertz CT molecular complexity index is 687. The number of anilines is 1. The number of rotatable bonds is 5. The molecule has 7 heteroatoms. The maximum atomic E-state index is 13.0. The summed E-state index contributed by atoms with van der Waals surface area (Å²) in [6.45, 7) is 0.262. The van der Waals surface area contributed by atoms with Gasteiger partial charge in [-0.15, -0.1) is 0 Å². The van der Waals surface area contributed by atoms with Crippen LogP contribution in [0.2, 0.25) is 5.02 Å². The monoisotopic (exact) mass is 338 g/mol. The van der Waals surface area contributed by atoms with Crippen molar-refractivity contribution in [3.63, 3.8) is 0 Å². The van der Waals surface area contributed by atoms with E-state index in [0.717, 1.165) is 11.6 Å². The minimum absolute atomic E-state index is 0.128. The first-order valence-corrected chi connectivity index (χ1v) is 7.11. The van der Waals surface area contributed by atoms with Crippen molar-refractivity contribution in [3.8, 4) is 11.5 Å². The van der Waals surface area contributed by atoms with Crippen LogP contribution in [-0.2, 0) is 6.54 Å². The first kappa shape index (κ1) is 16.9. The summed E-state index contributed by atoms with van der Waals surface area (Å²) >= 11 is 5.85. The highest BCUT2D eigenvalue weighted by Crippen LogP contribution is 2.23. The van der Waals surface area contributed by atoms with Crippen molar-refractivity contribution in [1.29, 1.82) is 0 Å². The molecular formula is C16H16ClFN2O3. The van der Waals surface area contributed by atoms with Gasteiger partial charge in [0.2, 0.25) is 0 Å². The molecule has 2 N–H and O–H groups in total. The van der Waals surface area contributed by atoms with Gasteiger partial charge in [-0.05, 0) is 35.9 Å². The largest absolute Gasteiger partial charge is 0.497 e. The lowest BCUT2D eigenvalue weighted by atomic mass is 10.2. The molecule has 0 aliphatic carbocycles. The van der Waals surface area contributed by atoms with E-state index in [9.17, 15) is 9.18 Å². The van der Waals surface area contributed by atoms with Gasteiger partial charge in [0.05, 0.1) is 24.9 Å². The van der Waals surface area contributed by atoms with Gasteiger partial charge in [0.25, 0.3) is 0 Å². The average Bonchev–Trinajstić information content (AvgIpc) is 2.55. The lowest BCUT2D eigenvalue weighted by Crippen LogP contribution is -2.28. The second kappa shape index (κ2) is 7.69. The van der Waals surface area contributed by atoms with Crippen molar-refractivity contribution in [3.05, 3.63) is 52.8 Å². The molecule has 0 atom stereocenters. The Morgan fingerprint density at radius 3 is 2.35 bits per heavy atom. The third-order valence-electron chi connectivity index (χ3n) is 3.04. The molecule has 0 heterocycles.